The van der Waals surface area contributed by atoms with Gasteiger partial charge in [-0.1, -0.05) is 0 Å². The van der Waals surface area contributed by atoms with Crippen molar-refractivity contribution in [3.05, 3.63) is 35.4 Å². The normalized spacial score (nSPS) is 20.1. The number of esters is 1. The van der Waals surface area contributed by atoms with E-state index in [9.17, 15) is 13.6 Å². The molecule has 3 nitrogen and oxygen atoms in total. The Hall–Kier alpha value is -1.49. The van der Waals surface area contributed by atoms with Crippen molar-refractivity contribution in [2.45, 2.75) is 25.4 Å². The molecule has 0 aromatic heterocycles. The number of benzene rings is 1. The van der Waals surface area contributed by atoms with Crippen molar-refractivity contribution in [1.29, 1.82) is 0 Å². The van der Waals surface area contributed by atoms with Crippen LogP contribution in [0.1, 0.15) is 18.4 Å². The molecular weight excluding hydrogens is 240 g/mol. The van der Waals surface area contributed by atoms with Crippen molar-refractivity contribution < 1.29 is 18.3 Å². The monoisotopic (exact) mass is 255 g/mol. The zero-order valence-corrected chi connectivity index (χ0v) is 10.2. The molecule has 1 atom stereocenters. The van der Waals surface area contributed by atoms with Crippen LogP contribution in [0.15, 0.2) is 18.2 Å². The number of nitrogens with zero attached hydrogens (tertiary/aromatic N) is 1. The summed E-state index contributed by atoms with van der Waals surface area (Å²) in [4.78, 5) is 13.4. The number of carbonyl (C=O) groups is 1. The van der Waals surface area contributed by atoms with Gasteiger partial charge in [0.15, 0.2) is 0 Å². The van der Waals surface area contributed by atoms with Crippen molar-refractivity contribution >= 4 is 5.97 Å². The SMILES string of the molecule is COC(=O)C1CCCN1Cc1cc(F)ccc1F. The summed E-state index contributed by atoms with van der Waals surface area (Å²) in [5.41, 5.74) is 0.269. The first-order valence-corrected chi connectivity index (χ1v) is 5.87. The highest BCUT2D eigenvalue weighted by Gasteiger charge is 2.31. The van der Waals surface area contributed by atoms with Crippen molar-refractivity contribution in [2.75, 3.05) is 13.7 Å². The van der Waals surface area contributed by atoms with E-state index in [1.807, 2.05) is 4.90 Å². The van der Waals surface area contributed by atoms with E-state index in [-0.39, 0.29) is 24.1 Å². The topological polar surface area (TPSA) is 29.5 Å². The van der Waals surface area contributed by atoms with E-state index in [2.05, 4.69) is 0 Å². The molecule has 0 radical (unpaired) electrons. The third kappa shape index (κ3) is 2.67. The van der Waals surface area contributed by atoms with E-state index in [1.54, 1.807) is 0 Å². The number of likely N-dealkylation sites (tertiary alicyclic amines) is 1. The molecule has 1 aromatic carbocycles. The Morgan fingerprint density at radius 2 is 2.28 bits per heavy atom. The van der Waals surface area contributed by atoms with Gasteiger partial charge in [0.25, 0.3) is 0 Å². The van der Waals surface area contributed by atoms with Crippen LogP contribution in [0.25, 0.3) is 0 Å². The summed E-state index contributed by atoms with van der Waals surface area (Å²) < 4.78 is 31.3. The van der Waals surface area contributed by atoms with Crippen LogP contribution in [-0.4, -0.2) is 30.6 Å². The maximum atomic E-state index is 13.5. The van der Waals surface area contributed by atoms with E-state index in [0.717, 1.165) is 18.6 Å². The second-order valence-corrected chi connectivity index (χ2v) is 4.39. The smallest absolute Gasteiger partial charge is 0.323 e. The molecule has 1 aliphatic rings. The summed E-state index contributed by atoms with van der Waals surface area (Å²) in [7, 11) is 1.33. The highest BCUT2D eigenvalue weighted by molar-refractivity contribution is 5.75. The fourth-order valence-corrected chi connectivity index (χ4v) is 2.30. The molecule has 0 spiro atoms. The summed E-state index contributed by atoms with van der Waals surface area (Å²) in [6.07, 6.45) is 1.56. The molecule has 1 aliphatic heterocycles. The Balaban J connectivity index is 2.13. The third-order valence-corrected chi connectivity index (χ3v) is 3.22. The number of methoxy groups -OCH3 is 1. The number of rotatable bonds is 3. The number of ether oxygens (including phenoxy) is 1. The predicted molar refractivity (Wildman–Crippen MR) is 61.8 cm³/mol. The molecule has 1 fully saturated rings. The lowest BCUT2D eigenvalue weighted by Crippen LogP contribution is -2.36. The standard InChI is InChI=1S/C13H15F2NO2/c1-18-13(17)12-3-2-6-16(12)8-9-7-10(14)4-5-11(9)15/h4-5,7,12H,2-3,6,8H2,1H3. The fourth-order valence-electron chi connectivity index (χ4n) is 2.30. The molecule has 0 bridgehead atoms. The minimum atomic E-state index is -0.472. The summed E-state index contributed by atoms with van der Waals surface area (Å²) in [5.74, 6) is -1.24. The Kier molecular flexibility index (Phi) is 3.91. The molecule has 98 valence electrons. The van der Waals surface area contributed by atoms with Gasteiger partial charge >= 0.3 is 5.97 Å². The van der Waals surface area contributed by atoms with Gasteiger partial charge in [-0.3, -0.25) is 9.69 Å². The average molecular weight is 255 g/mol. The Morgan fingerprint density at radius 3 is 3.00 bits per heavy atom. The molecule has 18 heavy (non-hydrogen) atoms. The lowest BCUT2D eigenvalue weighted by Gasteiger charge is -2.22. The highest BCUT2D eigenvalue weighted by atomic mass is 19.1. The van der Waals surface area contributed by atoms with E-state index in [0.29, 0.717) is 13.0 Å². The molecule has 0 N–H and O–H groups in total. The number of halogens is 2. The van der Waals surface area contributed by atoms with Crippen molar-refractivity contribution in [3.63, 3.8) is 0 Å². The molecule has 0 amide bonds. The van der Waals surface area contributed by atoms with Crippen molar-refractivity contribution in [2.24, 2.45) is 0 Å². The zero-order chi connectivity index (χ0) is 13.1. The summed E-state index contributed by atoms with van der Waals surface area (Å²) in [5, 5.41) is 0. The molecule has 1 unspecified atom stereocenters. The lowest BCUT2D eigenvalue weighted by atomic mass is 10.1. The fraction of sp³-hybridized carbons (Fsp3) is 0.462. The summed E-state index contributed by atoms with van der Waals surface area (Å²) >= 11 is 0. The van der Waals surface area contributed by atoms with Gasteiger partial charge in [-0.05, 0) is 37.6 Å². The van der Waals surface area contributed by atoms with Gasteiger partial charge in [0.1, 0.15) is 17.7 Å². The first-order valence-electron chi connectivity index (χ1n) is 5.87. The molecule has 1 heterocycles. The van der Waals surface area contributed by atoms with Gasteiger partial charge in [-0.2, -0.15) is 0 Å². The van der Waals surface area contributed by atoms with E-state index >= 15 is 0 Å². The minimum absolute atomic E-state index is 0.226. The largest absolute Gasteiger partial charge is 0.468 e. The summed E-state index contributed by atoms with van der Waals surface area (Å²) in [6.45, 7) is 0.916. The molecule has 0 aliphatic carbocycles. The Labute approximate surface area is 104 Å². The number of carbonyl (C=O) groups excluding carboxylic acids is 1. The van der Waals surface area contributed by atoms with Crippen LogP contribution in [-0.2, 0) is 16.1 Å². The van der Waals surface area contributed by atoms with Gasteiger partial charge in [0.05, 0.1) is 7.11 Å². The van der Waals surface area contributed by atoms with E-state index < -0.39 is 11.6 Å². The molecule has 5 heteroatoms. The highest BCUT2D eigenvalue weighted by Crippen LogP contribution is 2.22. The van der Waals surface area contributed by atoms with Crippen molar-refractivity contribution in [1.82, 2.24) is 4.90 Å². The first-order chi connectivity index (χ1) is 8.61. The summed E-state index contributed by atoms with van der Waals surface area (Å²) in [6, 6.07) is 3.01. The van der Waals surface area contributed by atoms with Gasteiger partial charge in [-0.15, -0.1) is 0 Å². The first kappa shape index (κ1) is 13.0. The van der Waals surface area contributed by atoms with Crippen LogP contribution in [0.3, 0.4) is 0 Å². The maximum Gasteiger partial charge on any atom is 0.323 e. The molecule has 0 saturated carbocycles. The van der Waals surface area contributed by atoms with Gasteiger partial charge in [0.2, 0.25) is 0 Å². The van der Waals surface area contributed by atoms with Gasteiger partial charge in [-0.25, -0.2) is 8.78 Å². The lowest BCUT2D eigenvalue weighted by molar-refractivity contribution is -0.146. The van der Waals surface area contributed by atoms with Gasteiger partial charge < -0.3 is 4.74 Å². The molecule has 1 saturated heterocycles. The Morgan fingerprint density at radius 1 is 1.50 bits per heavy atom. The van der Waals surface area contributed by atoms with Crippen LogP contribution < -0.4 is 0 Å². The van der Waals surface area contributed by atoms with Crippen LogP contribution in [0.2, 0.25) is 0 Å². The van der Waals surface area contributed by atoms with Crippen LogP contribution in [0, 0.1) is 11.6 Å². The van der Waals surface area contributed by atoms with Crippen LogP contribution in [0.5, 0.6) is 0 Å². The molecule has 1 aromatic rings. The van der Waals surface area contributed by atoms with Gasteiger partial charge in [0, 0.05) is 12.1 Å². The third-order valence-electron chi connectivity index (χ3n) is 3.22. The molecule has 2 rings (SSSR count). The minimum Gasteiger partial charge on any atom is -0.468 e. The van der Waals surface area contributed by atoms with Crippen LogP contribution in [0.4, 0.5) is 8.78 Å². The number of hydrogen-bond donors (Lipinski definition) is 0. The quantitative estimate of drug-likeness (QED) is 0.775. The molecular formula is C13H15F2NO2. The van der Waals surface area contributed by atoms with E-state index in [1.165, 1.54) is 13.2 Å². The number of hydrogen-bond acceptors (Lipinski definition) is 3. The second kappa shape index (κ2) is 5.44. The maximum absolute atomic E-state index is 13.5. The van der Waals surface area contributed by atoms with E-state index in [4.69, 9.17) is 4.74 Å². The van der Waals surface area contributed by atoms with Crippen molar-refractivity contribution in [3.8, 4) is 0 Å². The second-order valence-electron chi connectivity index (χ2n) is 4.39. The average Bonchev–Trinajstić information content (AvgIpc) is 2.81. The zero-order valence-electron chi connectivity index (χ0n) is 10.2. The Bertz CT molecular complexity index is 451. The van der Waals surface area contributed by atoms with Crippen LogP contribution >= 0.6 is 0 Å². The predicted octanol–water partition coefficient (Wildman–Crippen LogP) is 2.10.